The molecule has 0 unspecified atom stereocenters. The fraction of sp³-hybridized carbons (Fsp3) is 0.208. The number of halogens is 1. The van der Waals surface area contributed by atoms with Crippen molar-refractivity contribution >= 4 is 33.2 Å². The molecule has 0 spiro atoms. The third-order valence-corrected chi connectivity index (χ3v) is 6.77. The standard InChI is InChI=1S/C24H25ClN2O4S/c1-3-31-22-12-10-21(11-13-22)27(32(29,30)23-14-4-18(2)5-15-23)17-24(28)26-16-19-6-8-20(25)9-7-19/h4-15H,3,16-17H2,1-2H3,(H,26,28). The molecule has 0 aliphatic rings. The van der Waals surface area contributed by atoms with Crippen molar-refractivity contribution in [2.24, 2.45) is 0 Å². The van der Waals surface area contributed by atoms with Crippen molar-refractivity contribution < 1.29 is 17.9 Å². The number of sulfonamides is 1. The summed E-state index contributed by atoms with van der Waals surface area (Å²) < 4.78 is 33.4. The molecule has 0 fully saturated rings. The Kier molecular flexibility index (Phi) is 7.77. The van der Waals surface area contributed by atoms with Crippen LogP contribution in [0, 0.1) is 6.92 Å². The molecule has 1 amide bonds. The summed E-state index contributed by atoms with van der Waals surface area (Å²) in [5.41, 5.74) is 2.17. The van der Waals surface area contributed by atoms with Crippen LogP contribution in [0.5, 0.6) is 5.75 Å². The first-order chi connectivity index (χ1) is 15.3. The molecule has 0 aliphatic heterocycles. The summed E-state index contributed by atoms with van der Waals surface area (Å²) in [5, 5.41) is 3.37. The SMILES string of the molecule is CCOc1ccc(N(CC(=O)NCc2ccc(Cl)cc2)S(=O)(=O)c2ccc(C)cc2)cc1. The zero-order valence-corrected chi connectivity index (χ0v) is 19.5. The molecular formula is C24H25ClN2O4S. The van der Waals surface area contributed by atoms with Gasteiger partial charge in [0.15, 0.2) is 0 Å². The minimum absolute atomic E-state index is 0.113. The number of ether oxygens (including phenoxy) is 1. The molecule has 6 nitrogen and oxygen atoms in total. The van der Waals surface area contributed by atoms with E-state index in [1.807, 2.05) is 13.8 Å². The number of hydrogen-bond donors (Lipinski definition) is 1. The average molecular weight is 473 g/mol. The third kappa shape index (κ3) is 6.02. The summed E-state index contributed by atoms with van der Waals surface area (Å²) >= 11 is 5.89. The summed E-state index contributed by atoms with van der Waals surface area (Å²) in [4.78, 5) is 12.8. The Hall–Kier alpha value is -3.03. The molecule has 3 rings (SSSR count). The Bertz CT molecular complexity index is 1150. The van der Waals surface area contributed by atoms with Gasteiger partial charge in [0.25, 0.3) is 10.0 Å². The normalized spacial score (nSPS) is 11.1. The predicted octanol–water partition coefficient (Wildman–Crippen LogP) is 4.56. The Morgan fingerprint density at radius 2 is 1.59 bits per heavy atom. The van der Waals surface area contributed by atoms with Crippen LogP contribution in [0.3, 0.4) is 0 Å². The summed E-state index contributed by atoms with van der Waals surface area (Å²) in [6.45, 7) is 4.14. The van der Waals surface area contributed by atoms with E-state index in [0.717, 1.165) is 15.4 Å². The van der Waals surface area contributed by atoms with Crippen LogP contribution >= 0.6 is 11.6 Å². The highest BCUT2D eigenvalue weighted by Crippen LogP contribution is 2.26. The second kappa shape index (κ2) is 10.5. The molecule has 1 N–H and O–H groups in total. The Balaban J connectivity index is 1.84. The molecule has 0 aliphatic carbocycles. The van der Waals surface area contributed by atoms with Gasteiger partial charge in [-0.25, -0.2) is 8.42 Å². The van der Waals surface area contributed by atoms with Gasteiger partial charge in [-0.15, -0.1) is 0 Å². The van der Waals surface area contributed by atoms with E-state index in [1.54, 1.807) is 60.7 Å². The lowest BCUT2D eigenvalue weighted by Crippen LogP contribution is -2.40. The number of nitrogens with zero attached hydrogens (tertiary/aromatic N) is 1. The van der Waals surface area contributed by atoms with Gasteiger partial charge >= 0.3 is 0 Å². The zero-order chi connectivity index (χ0) is 23.1. The molecule has 0 atom stereocenters. The van der Waals surface area contributed by atoms with Crippen LogP contribution in [0.25, 0.3) is 0 Å². The summed E-state index contributed by atoms with van der Waals surface area (Å²) in [5.74, 6) is 0.195. The number of amides is 1. The minimum atomic E-state index is -3.97. The van der Waals surface area contributed by atoms with Crippen LogP contribution in [0.4, 0.5) is 5.69 Å². The maximum absolute atomic E-state index is 13.4. The fourth-order valence-electron chi connectivity index (χ4n) is 3.02. The minimum Gasteiger partial charge on any atom is -0.494 e. The molecule has 8 heteroatoms. The van der Waals surface area contributed by atoms with Crippen LogP contribution in [0.15, 0.2) is 77.7 Å². The molecule has 0 aromatic heterocycles. The number of anilines is 1. The Labute approximate surface area is 193 Å². The molecule has 3 aromatic carbocycles. The van der Waals surface area contributed by atoms with Crippen molar-refractivity contribution in [1.29, 1.82) is 0 Å². The van der Waals surface area contributed by atoms with E-state index in [2.05, 4.69) is 5.32 Å². The Morgan fingerprint density at radius 3 is 2.19 bits per heavy atom. The summed E-state index contributed by atoms with van der Waals surface area (Å²) in [7, 11) is -3.97. The van der Waals surface area contributed by atoms with Gasteiger partial charge < -0.3 is 10.1 Å². The number of nitrogens with one attached hydrogen (secondary N) is 1. The van der Waals surface area contributed by atoms with E-state index >= 15 is 0 Å². The van der Waals surface area contributed by atoms with Gasteiger partial charge in [0.2, 0.25) is 5.91 Å². The highest BCUT2D eigenvalue weighted by atomic mass is 35.5. The molecule has 0 bridgehead atoms. The van der Waals surface area contributed by atoms with Crippen LogP contribution in [-0.2, 0) is 21.4 Å². The molecule has 168 valence electrons. The zero-order valence-electron chi connectivity index (χ0n) is 17.9. The lowest BCUT2D eigenvalue weighted by atomic mass is 10.2. The second-order valence-electron chi connectivity index (χ2n) is 7.15. The van der Waals surface area contributed by atoms with Crippen LogP contribution in [-0.4, -0.2) is 27.5 Å². The van der Waals surface area contributed by atoms with E-state index in [1.165, 1.54) is 12.1 Å². The van der Waals surface area contributed by atoms with Gasteiger partial charge in [-0.3, -0.25) is 9.10 Å². The number of carbonyl (C=O) groups excluding carboxylic acids is 1. The van der Waals surface area contributed by atoms with Gasteiger partial charge in [-0.05, 0) is 67.9 Å². The highest BCUT2D eigenvalue weighted by Gasteiger charge is 2.27. The van der Waals surface area contributed by atoms with Gasteiger partial charge in [-0.1, -0.05) is 41.4 Å². The van der Waals surface area contributed by atoms with Crippen LogP contribution < -0.4 is 14.4 Å². The van der Waals surface area contributed by atoms with Crippen molar-refractivity contribution in [1.82, 2.24) is 5.32 Å². The maximum atomic E-state index is 13.4. The van der Waals surface area contributed by atoms with Gasteiger partial charge in [0.05, 0.1) is 17.2 Å². The first-order valence-corrected chi connectivity index (χ1v) is 11.9. The quantitative estimate of drug-likeness (QED) is 0.495. The molecule has 0 saturated heterocycles. The monoisotopic (exact) mass is 472 g/mol. The molecular weight excluding hydrogens is 448 g/mol. The molecule has 32 heavy (non-hydrogen) atoms. The van der Waals surface area contributed by atoms with Crippen molar-refractivity contribution in [2.75, 3.05) is 17.5 Å². The second-order valence-corrected chi connectivity index (χ2v) is 9.45. The first kappa shape index (κ1) is 23.6. The topological polar surface area (TPSA) is 75.7 Å². The summed E-state index contributed by atoms with van der Waals surface area (Å²) in [6.07, 6.45) is 0. The lowest BCUT2D eigenvalue weighted by molar-refractivity contribution is -0.119. The molecule has 3 aromatic rings. The lowest BCUT2D eigenvalue weighted by Gasteiger charge is -2.24. The maximum Gasteiger partial charge on any atom is 0.264 e. The van der Waals surface area contributed by atoms with Gasteiger partial charge in [0.1, 0.15) is 12.3 Å². The smallest absolute Gasteiger partial charge is 0.264 e. The fourth-order valence-corrected chi connectivity index (χ4v) is 4.56. The molecule has 0 heterocycles. The van der Waals surface area contributed by atoms with E-state index in [9.17, 15) is 13.2 Å². The number of aryl methyl sites for hydroxylation is 1. The third-order valence-electron chi connectivity index (χ3n) is 4.73. The van der Waals surface area contributed by atoms with Crippen molar-refractivity contribution in [3.8, 4) is 5.75 Å². The van der Waals surface area contributed by atoms with E-state index < -0.39 is 15.9 Å². The average Bonchev–Trinajstić information content (AvgIpc) is 2.78. The number of hydrogen-bond acceptors (Lipinski definition) is 4. The van der Waals surface area contributed by atoms with Gasteiger partial charge in [-0.2, -0.15) is 0 Å². The number of rotatable bonds is 9. The number of carbonyl (C=O) groups is 1. The van der Waals surface area contributed by atoms with Crippen molar-refractivity contribution in [2.45, 2.75) is 25.3 Å². The van der Waals surface area contributed by atoms with Gasteiger partial charge in [0, 0.05) is 11.6 Å². The van der Waals surface area contributed by atoms with Crippen LogP contribution in [0.1, 0.15) is 18.1 Å². The largest absolute Gasteiger partial charge is 0.494 e. The predicted molar refractivity (Wildman–Crippen MR) is 127 cm³/mol. The Morgan fingerprint density at radius 1 is 0.969 bits per heavy atom. The van der Waals surface area contributed by atoms with Crippen molar-refractivity contribution in [3.63, 3.8) is 0 Å². The van der Waals surface area contributed by atoms with Crippen molar-refractivity contribution in [3.05, 3.63) is 88.9 Å². The van der Waals surface area contributed by atoms with Crippen LogP contribution in [0.2, 0.25) is 5.02 Å². The highest BCUT2D eigenvalue weighted by molar-refractivity contribution is 7.92. The summed E-state index contributed by atoms with van der Waals surface area (Å²) in [6, 6.07) is 20.2. The van der Waals surface area contributed by atoms with E-state index in [0.29, 0.717) is 23.1 Å². The molecule has 0 radical (unpaired) electrons. The first-order valence-electron chi connectivity index (χ1n) is 10.1. The molecule has 0 saturated carbocycles. The van der Waals surface area contributed by atoms with E-state index in [-0.39, 0.29) is 18.0 Å². The van der Waals surface area contributed by atoms with E-state index in [4.69, 9.17) is 16.3 Å². The number of benzene rings is 3.